The minimum absolute atomic E-state index is 0.0257. The van der Waals surface area contributed by atoms with Crippen LogP contribution in [0.1, 0.15) is 17.0 Å². The lowest BCUT2D eigenvalue weighted by molar-refractivity contribution is 0.0931. The fourth-order valence-corrected chi connectivity index (χ4v) is 3.07. The van der Waals surface area contributed by atoms with Crippen LogP contribution in [-0.4, -0.2) is 28.0 Å². The van der Waals surface area contributed by atoms with Crippen molar-refractivity contribution in [3.8, 4) is 5.69 Å². The van der Waals surface area contributed by atoms with Gasteiger partial charge in [-0.15, -0.1) is 0 Å². The minimum atomic E-state index is -0.595. The molecular formula is C23H19N3O3. The summed E-state index contributed by atoms with van der Waals surface area (Å²) in [7, 11) is 0. The van der Waals surface area contributed by atoms with E-state index in [0.29, 0.717) is 11.5 Å². The van der Waals surface area contributed by atoms with Crippen molar-refractivity contribution in [2.75, 3.05) is 11.9 Å². The van der Waals surface area contributed by atoms with Gasteiger partial charge in [0.1, 0.15) is 6.61 Å². The number of anilines is 1. The molecular weight excluding hydrogens is 366 g/mol. The highest BCUT2D eigenvalue weighted by atomic mass is 16.5. The predicted molar refractivity (Wildman–Crippen MR) is 111 cm³/mol. The Kier molecular flexibility index (Phi) is 5.33. The molecule has 0 saturated heterocycles. The highest BCUT2D eigenvalue weighted by Crippen LogP contribution is 2.20. The van der Waals surface area contributed by atoms with Gasteiger partial charge in [-0.3, -0.25) is 14.7 Å². The third kappa shape index (κ3) is 4.32. The number of aromatic nitrogens is 2. The Hall–Kier alpha value is -3.93. The number of amides is 1. The predicted octanol–water partition coefficient (Wildman–Crippen LogP) is 4.85. The topological polar surface area (TPSA) is 73.2 Å². The Morgan fingerprint density at radius 2 is 1.69 bits per heavy atom. The highest BCUT2D eigenvalue weighted by molar-refractivity contribution is 5.94. The molecule has 0 saturated carbocycles. The summed E-state index contributed by atoms with van der Waals surface area (Å²) in [5.41, 5.74) is 1.49. The lowest BCUT2D eigenvalue weighted by Gasteiger charge is -2.09. The molecule has 0 aliphatic rings. The highest BCUT2D eigenvalue weighted by Gasteiger charge is 2.15. The smallest absolute Gasteiger partial charge is 0.411 e. The molecule has 1 heterocycles. The number of Topliss-reactive ketones (excluding diaryl/α,β-unsaturated/α-hetero) is 1. The molecule has 4 rings (SSSR count). The second-order valence-electron chi connectivity index (χ2n) is 6.45. The van der Waals surface area contributed by atoms with Gasteiger partial charge < -0.3 is 4.74 Å². The lowest BCUT2D eigenvalue weighted by atomic mass is 10.1. The van der Waals surface area contributed by atoms with Crippen LogP contribution in [0.5, 0.6) is 0 Å². The van der Waals surface area contributed by atoms with E-state index in [1.165, 1.54) is 0 Å². The molecule has 0 bridgehead atoms. The van der Waals surface area contributed by atoms with Gasteiger partial charge in [0.05, 0.1) is 0 Å². The molecule has 4 aromatic rings. The second-order valence-corrected chi connectivity index (χ2v) is 6.45. The molecule has 6 nitrogen and oxygen atoms in total. The Balaban J connectivity index is 1.39. The van der Waals surface area contributed by atoms with Crippen molar-refractivity contribution in [3.63, 3.8) is 0 Å². The van der Waals surface area contributed by atoms with Gasteiger partial charge >= 0.3 is 6.09 Å². The Labute approximate surface area is 167 Å². The summed E-state index contributed by atoms with van der Waals surface area (Å²) in [5, 5.41) is 4.82. The van der Waals surface area contributed by atoms with Crippen LogP contribution >= 0.6 is 0 Å². The van der Waals surface area contributed by atoms with E-state index in [1.54, 1.807) is 29.1 Å². The summed E-state index contributed by atoms with van der Waals surface area (Å²) in [6.45, 7) is -0.0257. The molecule has 3 aromatic carbocycles. The summed E-state index contributed by atoms with van der Waals surface area (Å²) in [6, 6.07) is 23.0. The summed E-state index contributed by atoms with van der Waals surface area (Å²) < 4.78 is 6.86. The van der Waals surface area contributed by atoms with Crippen LogP contribution < -0.4 is 5.32 Å². The number of ether oxygens (including phenoxy) is 1. The van der Waals surface area contributed by atoms with Crippen LogP contribution in [0.15, 0.2) is 85.2 Å². The van der Waals surface area contributed by atoms with Gasteiger partial charge in [0.15, 0.2) is 5.82 Å². The third-order valence-corrected chi connectivity index (χ3v) is 4.48. The van der Waals surface area contributed by atoms with Crippen LogP contribution in [0.4, 0.5) is 10.5 Å². The fraction of sp³-hybridized carbons (Fsp3) is 0.0870. The van der Waals surface area contributed by atoms with Crippen LogP contribution in [0.25, 0.3) is 16.5 Å². The maximum atomic E-state index is 12.6. The average molecular weight is 385 g/mol. The zero-order chi connectivity index (χ0) is 20.1. The third-order valence-electron chi connectivity index (χ3n) is 4.48. The zero-order valence-electron chi connectivity index (χ0n) is 15.6. The number of nitrogens with zero attached hydrogens (tertiary/aromatic N) is 2. The number of carbonyl (C=O) groups is 2. The van der Waals surface area contributed by atoms with Crippen LogP contribution in [-0.2, 0) is 4.74 Å². The molecule has 0 aliphatic carbocycles. The fourth-order valence-electron chi connectivity index (χ4n) is 3.07. The molecule has 144 valence electrons. The standard InChI is InChI=1S/C23H19N3O3/c27-21(12-15-29-23(28)25-19-8-2-1-3-9-19)22-24-13-14-26(22)20-11-10-17-6-4-5-7-18(17)16-20/h1-11,13-14,16H,12,15H2,(H,25,28). The first-order valence-electron chi connectivity index (χ1n) is 9.25. The number of fused-ring (bicyclic) bond motifs is 1. The van der Waals surface area contributed by atoms with Crippen molar-refractivity contribution >= 4 is 28.3 Å². The van der Waals surface area contributed by atoms with E-state index < -0.39 is 6.09 Å². The van der Waals surface area contributed by atoms with E-state index in [4.69, 9.17) is 4.74 Å². The maximum absolute atomic E-state index is 12.6. The molecule has 0 spiro atoms. The van der Waals surface area contributed by atoms with Gasteiger partial charge in [0, 0.05) is 30.2 Å². The van der Waals surface area contributed by atoms with Crippen LogP contribution in [0.3, 0.4) is 0 Å². The number of carbonyl (C=O) groups excluding carboxylic acids is 2. The van der Waals surface area contributed by atoms with Gasteiger partial charge in [0.25, 0.3) is 0 Å². The van der Waals surface area contributed by atoms with Crippen molar-refractivity contribution in [2.24, 2.45) is 0 Å². The van der Waals surface area contributed by atoms with Gasteiger partial charge in [0.2, 0.25) is 5.78 Å². The molecule has 0 radical (unpaired) electrons. The first-order valence-corrected chi connectivity index (χ1v) is 9.25. The van der Waals surface area contributed by atoms with Gasteiger partial charge in [-0.05, 0) is 35.0 Å². The zero-order valence-corrected chi connectivity index (χ0v) is 15.6. The Bertz CT molecular complexity index is 1150. The molecule has 1 amide bonds. The number of para-hydroxylation sites is 1. The normalized spacial score (nSPS) is 10.6. The van der Waals surface area contributed by atoms with E-state index in [9.17, 15) is 9.59 Å². The monoisotopic (exact) mass is 385 g/mol. The van der Waals surface area contributed by atoms with E-state index in [-0.39, 0.29) is 18.8 Å². The van der Waals surface area contributed by atoms with Crippen LogP contribution in [0.2, 0.25) is 0 Å². The van der Waals surface area contributed by atoms with Gasteiger partial charge in [-0.1, -0.05) is 48.5 Å². The molecule has 0 fully saturated rings. The maximum Gasteiger partial charge on any atom is 0.411 e. The number of nitrogens with one attached hydrogen (secondary N) is 1. The average Bonchev–Trinajstić information content (AvgIpc) is 3.24. The summed E-state index contributed by atoms with van der Waals surface area (Å²) >= 11 is 0. The number of imidazole rings is 1. The SMILES string of the molecule is O=C(Nc1ccccc1)OCCC(=O)c1nccn1-c1ccc2ccccc2c1. The molecule has 0 atom stereocenters. The van der Waals surface area contributed by atoms with Crippen molar-refractivity contribution in [2.45, 2.75) is 6.42 Å². The largest absolute Gasteiger partial charge is 0.449 e. The van der Waals surface area contributed by atoms with Crippen molar-refractivity contribution in [3.05, 3.63) is 91.0 Å². The first-order chi connectivity index (χ1) is 14.2. The van der Waals surface area contributed by atoms with Crippen LogP contribution in [0, 0.1) is 0 Å². The molecule has 6 heteroatoms. The van der Waals surface area contributed by atoms with E-state index in [0.717, 1.165) is 16.5 Å². The quantitative estimate of drug-likeness (QED) is 0.482. The summed E-state index contributed by atoms with van der Waals surface area (Å²) in [5.74, 6) is 0.114. The molecule has 1 N–H and O–H groups in total. The molecule has 29 heavy (non-hydrogen) atoms. The molecule has 0 aliphatic heterocycles. The number of benzene rings is 3. The number of hydrogen-bond acceptors (Lipinski definition) is 4. The van der Waals surface area contributed by atoms with E-state index >= 15 is 0 Å². The second kappa shape index (κ2) is 8.39. The molecule has 0 unspecified atom stereocenters. The van der Waals surface area contributed by atoms with Crippen molar-refractivity contribution in [1.29, 1.82) is 0 Å². The Morgan fingerprint density at radius 3 is 2.52 bits per heavy atom. The van der Waals surface area contributed by atoms with E-state index in [2.05, 4.69) is 10.3 Å². The van der Waals surface area contributed by atoms with Crippen molar-refractivity contribution in [1.82, 2.24) is 9.55 Å². The number of hydrogen-bond donors (Lipinski definition) is 1. The molecule has 1 aromatic heterocycles. The van der Waals surface area contributed by atoms with Gasteiger partial charge in [-0.2, -0.15) is 0 Å². The first kappa shape index (κ1) is 18.4. The van der Waals surface area contributed by atoms with Gasteiger partial charge in [-0.25, -0.2) is 9.78 Å². The summed E-state index contributed by atoms with van der Waals surface area (Å²) in [6.07, 6.45) is 2.79. The Morgan fingerprint density at radius 1 is 0.931 bits per heavy atom. The summed E-state index contributed by atoms with van der Waals surface area (Å²) in [4.78, 5) is 28.6. The van der Waals surface area contributed by atoms with E-state index in [1.807, 2.05) is 60.7 Å². The van der Waals surface area contributed by atoms with Crippen molar-refractivity contribution < 1.29 is 14.3 Å². The minimum Gasteiger partial charge on any atom is -0.449 e. The number of rotatable bonds is 6. The lowest BCUT2D eigenvalue weighted by Crippen LogP contribution is -2.17. The number of ketones is 1.